The molecule has 0 unspecified atom stereocenters. The zero-order valence-corrected chi connectivity index (χ0v) is 15.5. The van der Waals surface area contributed by atoms with E-state index in [2.05, 4.69) is 16.0 Å². The van der Waals surface area contributed by atoms with E-state index in [1.54, 1.807) is 30.3 Å². The third-order valence-electron chi connectivity index (χ3n) is 4.54. The Morgan fingerprint density at radius 1 is 1.04 bits per heavy atom. The van der Waals surface area contributed by atoms with Gasteiger partial charge in [-0.1, -0.05) is 37.1 Å². The van der Waals surface area contributed by atoms with E-state index in [1.165, 1.54) is 12.1 Å². The van der Waals surface area contributed by atoms with E-state index in [0.717, 1.165) is 25.7 Å². The second-order valence-corrected chi connectivity index (χ2v) is 6.71. The smallest absolute Gasteiger partial charge is 0.319 e. The lowest BCUT2D eigenvalue weighted by atomic mass is 10.2. The van der Waals surface area contributed by atoms with Crippen LogP contribution in [-0.4, -0.2) is 24.5 Å². The summed E-state index contributed by atoms with van der Waals surface area (Å²) < 4.78 is 19.9. The summed E-state index contributed by atoms with van der Waals surface area (Å²) in [6.07, 6.45) is 4.48. The van der Waals surface area contributed by atoms with Gasteiger partial charge >= 0.3 is 6.03 Å². The Hall–Kier alpha value is -3.09. The largest absolute Gasteiger partial charge is 0.455 e. The molecule has 0 spiro atoms. The van der Waals surface area contributed by atoms with Crippen LogP contribution in [0.4, 0.5) is 14.9 Å². The molecule has 28 heavy (non-hydrogen) atoms. The fraction of sp³-hybridized carbons (Fsp3) is 0.333. The molecule has 2 aromatic rings. The molecule has 2 aromatic carbocycles. The van der Waals surface area contributed by atoms with Gasteiger partial charge in [-0.2, -0.15) is 0 Å². The van der Waals surface area contributed by atoms with Crippen molar-refractivity contribution in [1.82, 2.24) is 10.6 Å². The molecule has 0 saturated heterocycles. The number of benzene rings is 2. The Morgan fingerprint density at radius 2 is 1.79 bits per heavy atom. The van der Waals surface area contributed by atoms with Crippen LogP contribution < -0.4 is 20.7 Å². The molecule has 0 aromatic heterocycles. The van der Waals surface area contributed by atoms with Crippen molar-refractivity contribution < 1.29 is 18.7 Å². The van der Waals surface area contributed by atoms with Crippen molar-refractivity contribution in [2.24, 2.45) is 0 Å². The number of rotatable bonds is 7. The molecule has 1 aliphatic rings. The molecular formula is C21H24FN3O3. The summed E-state index contributed by atoms with van der Waals surface area (Å²) in [5.41, 5.74) is -0.0562. The minimum absolute atomic E-state index is 0.0562. The molecule has 0 aliphatic heterocycles. The van der Waals surface area contributed by atoms with Crippen LogP contribution in [-0.2, 0) is 4.79 Å². The maximum Gasteiger partial charge on any atom is 0.319 e. The maximum absolute atomic E-state index is 14.2. The third kappa shape index (κ3) is 5.70. The fourth-order valence-corrected chi connectivity index (χ4v) is 3.14. The van der Waals surface area contributed by atoms with Crippen LogP contribution in [0.25, 0.3) is 0 Å². The van der Waals surface area contributed by atoms with E-state index in [4.69, 9.17) is 4.74 Å². The van der Waals surface area contributed by atoms with Gasteiger partial charge in [0.05, 0.1) is 0 Å². The molecule has 1 fully saturated rings. The second kappa shape index (κ2) is 9.73. The number of amides is 3. The van der Waals surface area contributed by atoms with Crippen LogP contribution in [0.3, 0.4) is 0 Å². The summed E-state index contributed by atoms with van der Waals surface area (Å²) in [5.74, 6) is 0.0224. The van der Waals surface area contributed by atoms with E-state index < -0.39 is 11.8 Å². The van der Waals surface area contributed by atoms with Gasteiger partial charge in [0.1, 0.15) is 11.4 Å². The molecule has 1 saturated carbocycles. The molecule has 3 rings (SSSR count). The molecule has 3 amide bonds. The molecule has 7 heteroatoms. The third-order valence-corrected chi connectivity index (χ3v) is 4.54. The predicted molar refractivity (Wildman–Crippen MR) is 105 cm³/mol. The van der Waals surface area contributed by atoms with Crippen LogP contribution in [0, 0.1) is 5.82 Å². The Morgan fingerprint density at radius 3 is 2.54 bits per heavy atom. The average molecular weight is 385 g/mol. The highest BCUT2D eigenvalue weighted by molar-refractivity contribution is 5.91. The molecule has 3 N–H and O–H groups in total. The standard InChI is InChI=1S/C21H24FN3O3/c22-17-11-6-12-18(28-16-9-2-1-3-10-16)20(17)25-21(27)23-14-13-19(26)24-15-7-4-5-8-15/h1-3,6,9-12,15H,4-5,7-8,13-14H2,(H,24,26)(H2,23,25,27). The van der Waals surface area contributed by atoms with Crippen molar-refractivity contribution in [3.8, 4) is 11.5 Å². The van der Waals surface area contributed by atoms with E-state index in [-0.39, 0.29) is 36.4 Å². The van der Waals surface area contributed by atoms with Crippen LogP contribution in [0.15, 0.2) is 48.5 Å². The second-order valence-electron chi connectivity index (χ2n) is 6.71. The number of carbonyl (C=O) groups excluding carboxylic acids is 2. The number of hydrogen-bond donors (Lipinski definition) is 3. The molecule has 0 radical (unpaired) electrons. The van der Waals surface area contributed by atoms with E-state index in [1.807, 2.05) is 6.07 Å². The Labute approximate surface area is 163 Å². The Kier molecular flexibility index (Phi) is 6.84. The quantitative estimate of drug-likeness (QED) is 0.669. The first kappa shape index (κ1) is 19.7. The van der Waals surface area contributed by atoms with Crippen molar-refractivity contribution in [1.29, 1.82) is 0 Å². The van der Waals surface area contributed by atoms with Crippen molar-refractivity contribution in [3.05, 3.63) is 54.3 Å². The monoisotopic (exact) mass is 385 g/mol. The summed E-state index contributed by atoms with van der Waals surface area (Å²) in [6.45, 7) is 0.160. The normalized spacial score (nSPS) is 13.8. The topological polar surface area (TPSA) is 79.5 Å². The van der Waals surface area contributed by atoms with Gasteiger partial charge in [0.2, 0.25) is 5.91 Å². The number of carbonyl (C=O) groups is 2. The summed E-state index contributed by atoms with van der Waals surface area (Å²) in [4.78, 5) is 24.0. The highest BCUT2D eigenvalue weighted by Crippen LogP contribution is 2.31. The summed E-state index contributed by atoms with van der Waals surface area (Å²) in [7, 11) is 0. The fourth-order valence-electron chi connectivity index (χ4n) is 3.14. The molecule has 0 heterocycles. The summed E-state index contributed by atoms with van der Waals surface area (Å²) >= 11 is 0. The van der Waals surface area contributed by atoms with Crippen LogP contribution in [0.5, 0.6) is 11.5 Å². The molecule has 148 valence electrons. The lowest BCUT2D eigenvalue weighted by molar-refractivity contribution is -0.121. The van der Waals surface area contributed by atoms with Gasteiger partial charge in [-0.3, -0.25) is 4.79 Å². The predicted octanol–water partition coefficient (Wildman–Crippen LogP) is 4.19. The summed E-state index contributed by atoms with van der Waals surface area (Å²) in [6, 6.07) is 12.9. The van der Waals surface area contributed by atoms with E-state index in [0.29, 0.717) is 5.75 Å². The molecule has 0 bridgehead atoms. The number of urea groups is 1. The van der Waals surface area contributed by atoms with Gasteiger partial charge in [-0.25, -0.2) is 9.18 Å². The first-order valence-corrected chi connectivity index (χ1v) is 9.47. The van der Waals surface area contributed by atoms with Gasteiger partial charge in [0.25, 0.3) is 0 Å². The zero-order chi connectivity index (χ0) is 19.8. The van der Waals surface area contributed by atoms with Crippen molar-refractivity contribution >= 4 is 17.6 Å². The minimum Gasteiger partial charge on any atom is -0.455 e. The van der Waals surface area contributed by atoms with Crippen molar-refractivity contribution in [3.63, 3.8) is 0 Å². The molecule has 0 atom stereocenters. The first-order chi connectivity index (χ1) is 13.6. The Bertz CT molecular complexity index is 808. The van der Waals surface area contributed by atoms with Crippen molar-refractivity contribution in [2.45, 2.75) is 38.1 Å². The first-order valence-electron chi connectivity index (χ1n) is 9.47. The van der Waals surface area contributed by atoms with E-state index in [9.17, 15) is 14.0 Å². The lowest BCUT2D eigenvalue weighted by Crippen LogP contribution is -2.36. The molecular weight excluding hydrogens is 361 g/mol. The van der Waals surface area contributed by atoms with Gasteiger partial charge < -0.3 is 20.7 Å². The van der Waals surface area contributed by atoms with Gasteiger partial charge in [-0.15, -0.1) is 0 Å². The molecule has 1 aliphatic carbocycles. The van der Waals surface area contributed by atoms with Crippen LogP contribution in [0.1, 0.15) is 32.1 Å². The number of anilines is 1. The average Bonchev–Trinajstić information content (AvgIpc) is 3.18. The van der Waals surface area contributed by atoms with Crippen molar-refractivity contribution in [2.75, 3.05) is 11.9 Å². The highest BCUT2D eigenvalue weighted by Gasteiger charge is 2.17. The number of hydrogen-bond acceptors (Lipinski definition) is 3. The SMILES string of the molecule is O=C(CCNC(=O)Nc1c(F)cccc1Oc1ccccc1)NC1CCCC1. The van der Waals surface area contributed by atoms with Crippen LogP contribution >= 0.6 is 0 Å². The number of para-hydroxylation sites is 2. The van der Waals surface area contributed by atoms with Gasteiger partial charge in [0.15, 0.2) is 11.6 Å². The van der Waals surface area contributed by atoms with E-state index >= 15 is 0 Å². The number of nitrogens with one attached hydrogen (secondary N) is 3. The van der Waals surface area contributed by atoms with Gasteiger partial charge in [-0.05, 0) is 37.1 Å². The lowest BCUT2D eigenvalue weighted by Gasteiger charge is -2.14. The summed E-state index contributed by atoms with van der Waals surface area (Å²) in [5, 5.41) is 7.99. The molecule has 6 nitrogen and oxygen atoms in total. The van der Waals surface area contributed by atoms with Crippen LogP contribution in [0.2, 0.25) is 0 Å². The Balaban J connectivity index is 1.51. The number of ether oxygens (including phenoxy) is 1. The van der Waals surface area contributed by atoms with Gasteiger partial charge in [0, 0.05) is 19.0 Å². The zero-order valence-electron chi connectivity index (χ0n) is 15.5. The number of halogens is 1. The minimum atomic E-state index is -0.609. The maximum atomic E-state index is 14.2. The highest BCUT2D eigenvalue weighted by atomic mass is 19.1.